The largest absolute Gasteiger partial charge is 0.324 e. The molecule has 2 aromatic rings. The third-order valence-electron chi connectivity index (χ3n) is 3.60. The maximum Gasteiger partial charge on any atom is 0.321 e. The van der Waals surface area contributed by atoms with Crippen molar-refractivity contribution in [2.45, 2.75) is 12.8 Å². The van der Waals surface area contributed by atoms with Crippen LogP contribution in [0.5, 0.6) is 0 Å². The van der Waals surface area contributed by atoms with Gasteiger partial charge in [0.05, 0.1) is 23.8 Å². The van der Waals surface area contributed by atoms with Gasteiger partial charge in [0, 0.05) is 19.3 Å². The summed E-state index contributed by atoms with van der Waals surface area (Å²) in [6.07, 6.45) is 8.56. The van der Waals surface area contributed by atoms with Crippen molar-refractivity contribution < 1.29 is 4.79 Å². The number of halogens is 1. The number of amides is 2. The zero-order valence-corrected chi connectivity index (χ0v) is 13.2. The van der Waals surface area contributed by atoms with Crippen LogP contribution >= 0.6 is 11.6 Å². The molecule has 0 aromatic carbocycles. The third-order valence-corrected chi connectivity index (χ3v) is 3.80. The zero-order chi connectivity index (χ0) is 16.1. The van der Waals surface area contributed by atoms with Crippen LogP contribution in [0.4, 0.5) is 10.5 Å². The molecule has 2 aromatic heterocycles. The van der Waals surface area contributed by atoms with Gasteiger partial charge >= 0.3 is 6.03 Å². The average molecular weight is 330 g/mol. The highest BCUT2D eigenvalue weighted by Gasteiger charge is 2.19. The van der Waals surface area contributed by atoms with Crippen molar-refractivity contribution in [2.75, 3.05) is 18.4 Å². The summed E-state index contributed by atoms with van der Waals surface area (Å²) in [7, 11) is 0. The van der Waals surface area contributed by atoms with E-state index in [2.05, 4.69) is 26.3 Å². The molecule has 1 aliphatic heterocycles. The van der Waals surface area contributed by atoms with E-state index in [-0.39, 0.29) is 11.3 Å². The Kier molecular flexibility index (Phi) is 4.83. The number of anilines is 1. The second kappa shape index (κ2) is 7.19. The van der Waals surface area contributed by atoms with Gasteiger partial charge in [-0.1, -0.05) is 11.6 Å². The molecule has 2 amide bonds. The van der Waals surface area contributed by atoms with Gasteiger partial charge in [-0.2, -0.15) is 0 Å². The number of hydrogen-bond acceptors (Lipinski definition) is 4. The minimum absolute atomic E-state index is 0.146. The molecule has 6 nitrogen and oxygen atoms in total. The molecule has 0 unspecified atom stereocenters. The number of hydrogen-bond donors (Lipinski definition) is 1. The smallest absolute Gasteiger partial charge is 0.321 e. The standard InChI is InChI=1S/C16H16ClN5O/c17-15-19-10-14(11-20-15)21-16(23)22-7-4-12(5-8-22)9-13-3-1-2-6-18-13/h1-3,6,9-11H,4-5,7-8H2,(H,21,23). The number of urea groups is 1. The molecule has 0 bridgehead atoms. The van der Waals surface area contributed by atoms with Crippen molar-refractivity contribution in [1.82, 2.24) is 19.9 Å². The maximum atomic E-state index is 12.2. The molecule has 1 aliphatic rings. The lowest BCUT2D eigenvalue weighted by atomic mass is 10.0. The van der Waals surface area contributed by atoms with Crippen LogP contribution in [0.3, 0.4) is 0 Å². The lowest BCUT2D eigenvalue weighted by molar-refractivity contribution is 0.208. The monoisotopic (exact) mass is 329 g/mol. The molecule has 0 saturated carbocycles. The Hall–Kier alpha value is -2.47. The molecule has 0 aliphatic carbocycles. The number of nitrogens with one attached hydrogen (secondary N) is 1. The second-order valence-corrected chi connectivity index (χ2v) is 5.55. The van der Waals surface area contributed by atoms with Crippen LogP contribution in [-0.4, -0.2) is 39.0 Å². The van der Waals surface area contributed by atoms with Crippen molar-refractivity contribution >= 4 is 29.4 Å². The number of nitrogens with zero attached hydrogens (tertiary/aromatic N) is 4. The summed E-state index contributed by atoms with van der Waals surface area (Å²) in [4.78, 5) is 26.0. The molecule has 118 valence electrons. The molecule has 0 atom stereocenters. The number of rotatable bonds is 2. The summed E-state index contributed by atoms with van der Waals surface area (Å²) in [5.74, 6) is 0. The molecule has 1 N–H and O–H groups in total. The summed E-state index contributed by atoms with van der Waals surface area (Å²) in [5.41, 5.74) is 2.80. The van der Waals surface area contributed by atoms with E-state index in [1.807, 2.05) is 18.2 Å². The van der Waals surface area contributed by atoms with Crippen molar-refractivity contribution in [3.05, 3.63) is 53.3 Å². The quantitative estimate of drug-likeness (QED) is 0.859. The fourth-order valence-electron chi connectivity index (χ4n) is 2.39. The third kappa shape index (κ3) is 4.26. The molecule has 3 heterocycles. The highest BCUT2D eigenvalue weighted by molar-refractivity contribution is 6.28. The Morgan fingerprint density at radius 3 is 2.57 bits per heavy atom. The van der Waals surface area contributed by atoms with Crippen LogP contribution in [0.25, 0.3) is 6.08 Å². The van der Waals surface area contributed by atoms with Gasteiger partial charge in [-0.15, -0.1) is 0 Å². The van der Waals surface area contributed by atoms with Gasteiger partial charge in [0.1, 0.15) is 0 Å². The lowest BCUT2D eigenvalue weighted by Gasteiger charge is -2.28. The summed E-state index contributed by atoms with van der Waals surface area (Å²) in [6, 6.07) is 5.70. The van der Waals surface area contributed by atoms with Gasteiger partial charge in [-0.25, -0.2) is 14.8 Å². The van der Waals surface area contributed by atoms with Gasteiger partial charge in [-0.3, -0.25) is 4.98 Å². The molecule has 23 heavy (non-hydrogen) atoms. The molecule has 0 spiro atoms. The van der Waals surface area contributed by atoms with Gasteiger partial charge in [0.15, 0.2) is 0 Å². The Morgan fingerprint density at radius 2 is 1.91 bits per heavy atom. The number of piperidine rings is 1. The fraction of sp³-hybridized carbons (Fsp3) is 0.250. The van der Waals surface area contributed by atoms with E-state index < -0.39 is 0 Å². The van der Waals surface area contributed by atoms with E-state index in [1.165, 1.54) is 18.0 Å². The predicted octanol–water partition coefficient (Wildman–Crippen LogP) is 3.24. The van der Waals surface area contributed by atoms with E-state index in [9.17, 15) is 4.79 Å². The average Bonchev–Trinajstić information content (AvgIpc) is 2.58. The maximum absolute atomic E-state index is 12.2. The minimum Gasteiger partial charge on any atom is -0.324 e. The summed E-state index contributed by atoms with van der Waals surface area (Å²) in [5, 5.41) is 2.93. The molecule has 1 fully saturated rings. The van der Waals surface area contributed by atoms with Crippen molar-refractivity contribution in [1.29, 1.82) is 0 Å². The van der Waals surface area contributed by atoms with Crippen molar-refractivity contribution in [3.8, 4) is 0 Å². The number of carbonyl (C=O) groups is 1. The van der Waals surface area contributed by atoms with E-state index in [1.54, 1.807) is 11.1 Å². The van der Waals surface area contributed by atoms with Gasteiger partial charge in [0.25, 0.3) is 0 Å². The normalized spacial score (nSPS) is 14.5. The first-order valence-electron chi connectivity index (χ1n) is 7.35. The summed E-state index contributed by atoms with van der Waals surface area (Å²) >= 11 is 5.62. The first-order chi connectivity index (χ1) is 11.2. The SMILES string of the molecule is O=C(Nc1cnc(Cl)nc1)N1CCC(=Cc2ccccn2)CC1. The topological polar surface area (TPSA) is 71.0 Å². The number of aromatic nitrogens is 3. The van der Waals surface area contributed by atoms with Gasteiger partial charge in [0.2, 0.25) is 5.28 Å². The minimum atomic E-state index is -0.146. The van der Waals surface area contributed by atoms with Crippen LogP contribution in [0, 0.1) is 0 Å². The van der Waals surface area contributed by atoms with Gasteiger partial charge < -0.3 is 10.2 Å². The molecule has 7 heteroatoms. The number of likely N-dealkylation sites (tertiary alicyclic amines) is 1. The molecule has 0 radical (unpaired) electrons. The second-order valence-electron chi connectivity index (χ2n) is 5.22. The molecular formula is C16H16ClN5O. The first kappa shape index (κ1) is 15.4. The molecule has 3 rings (SSSR count). The number of pyridine rings is 1. The van der Waals surface area contributed by atoms with Crippen LogP contribution in [-0.2, 0) is 0 Å². The van der Waals surface area contributed by atoms with Crippen LogP contribution in [0.2, 0.25) is 5.28 Å². The van der Waals surface area contributed by atoms with Crippen LogP contribution in [0.15, 0.2) is 42.4 Å². The summed E-state index contributed by atoms with van der Waals surface area (Å²) < 4.78 is 0. The van der Waals surface area contributed by atoms with E-state index in [0.29, 0.717) is 18.8 Å². The van der Waals surface area contributed by atoms with Crippen LogP contribution < -0.4 is 5.32 Å². The lowest BCUT2D eigenvalue weighted by Crippen LogP contribution is -2.39. The highest BCUT2D eigenvalue weighted by atomic mass is 35.5. The Labute approximate surface area is 139 Å². The molecule has 1 saturated heterocycles. The first-order valence-corrected chi connectivity index (χ1v) is 7.72. The zero-order valence-electron chi connectivity index (χ0n) is 12.4. The molecular weight excluding hydrogens is 314 g/mol. The van der Waals surface area contributed by atoms with Crippen LogP contribution in [0.1, 0.15) is 18.5 Å². The van der Waals surface area contributed by atoms with Crippen molar-refractivity contribution in [2.24, 2.45) is 0 Å². The Bertz CT molecular complexity index is 692. The number of carbonyl (C=O) groups excluding carboxylic acids is 1. The predicted molar refractivity (Wildman–Crippen MR) is 89.1 cm³/mol. The van der Waals surface area contributed by atoms with Crippen molar-refractivity contribution in [3.63, 3.8) is 0 Å². The Morgan fingerprint density at radius 1 is 1.17 bits per heavy atom. The van der Waals surface area contributed by atoms with Gasteiger partial charge in [-0.05, 0) is 42.7 Å². The van der Waals surface area contributed by atoms with E-state index in [4.69, 9.17) is 11.6 Å². The van der Waals surface area contributed by atoms with E-state index >= 15 is 0 Å². The summed E-state index contributed by atoms with van der Waals surface area (Å²) in [6.45, 7) is 1.36. The fourth-order valence-corrected chi connectivity index (χ4v) is 2.49. The Balaban J connectivity index is 1.55. The highest BCUT2D eigenvalue weighted by Crippen LogP contribution is 2.19. The van der Waals surface area contributed by atoms with E-state index in [0.717, 1.165) is 18.5 Å².